The molecule has 0 aliphatic carbocycles. The summed E-state index contributed by atoms with van der Waals surface area (Å²) in [6.07, 6.45) is 0.626. The molecule has 1 aromatic carbocycles. The SMILES string of the molecule is Cc1nc2cc(C(=O)N3CCSCC3)ccc2n1[C@@H]1CCS(=O)(=O)C1. The van der Waals surface area contributed by atoms with Crippen LogP contribution in [0.4, 0.5) is 0 Å². The molecule has 1 atom stereocenters. The van der Waals surface area contributed by atoms with E-state index in [0.717, 1.165) is 41.5 Å². The number of imidazole rings is 1. The van der Waals surface area contributed by atoms with Gasteiger partial charge >= 0.3 is 0 Å². The number of nitrogens with zero attached hydrogens (tertiary/aromatic N) is 3. The molecule has 2 aromatic rings. The van der Waals surface area contributed by atoms with Gasteiger partial charge in [-0.15, -0.1) is 0 Å². The molecule has 0 saturated carbocycles. The Balaban J connectivity index is 1.67. The van der Waals surface area contributed by atoms with Crippen LogP contribution < -0.4 is 0 Å². The van der Waals surface area contributed by atoms with Crippen LogP contribution in [-0.2, 0) is 9.84 Å². The van der Waals surface area contributed by atoms with Gasteiger partial charge in [-0.3, -0.25) is 4.79 Å². The van der Waals surface area contributed by atoms with Crippen molar-refractivity contribution < 1.29 is 13.2 Å². The Morgan fingerprint density at radius 3 is 2.72 bits per heavy atom. The molecule has 8 heteroatoms. The van der Waals surface area contributed by atoms with E-state index in [0.29, 0.717) is 12.0 Å². The Bertz CT molecular complexity index is 930. The third kappa shape index (κ3) is 3.17. The number of hydrogen-bond acceptors (Lipinski definition) is 5. The van der Waals surface area contributed by atoms with Crippen molar-refractivity contribution in [3.63, 3.8) is 0 Å². The maximum atomic E-state index is 12.7. The zero-order valence-electron chi connectivity index (χ0n) is 14.1. The first-order valence-corrected chi connectivity index (χ1v) is 11.5. The summed E-state index contributed by atoms with van der Waals surface area (Å²) in [7, 11) is -2.95. The van der Waals surface area contributed by atoms with Crippen LogP contribution in [0.1, 0.15) is 28.6 Å². The van der Waals surface area contributed by atoms with Crippen LogP contribution in [0.5, 0.6) is 0 Å². The molecule has 6 nitrogen and oxygen atoms in total. The summed E-state index contributed by atoms with van der Waals surface area (Å²) < 4.78 is 25.7. The lowest BCUT2D eigenvalue weighted by atomic mass is 10.1. The topological polar surface area (TPSA) is 72.3 Å². The van der Waals surface area contributed by atoms with Crippen LogP contribution >= 0.6 is 11.8 Å². The lowest BCUT2D eigenvalue weighted by Gasteiger charge is -2.26. The first-order valence-electron chi connectivity index (χ1n) is 8.51. The zero-order valence-corrected chi connectivity index (χ0v) is 15.8. The Kier molecular flexibility index (Phi) is 4.27. The Morgan fingerprint density at radius 2 is 2.04 bits per heavy atom. The molecular weight excluding hydrogens is 358 g/mol. The molecule has 2 aliphatic rings. The van der Waals surface area contributed by atoms with Crippen LogP contribution in [0.15, 0.2) is 18.2 Å². The predicted octanol–water partition coefficient (Wildman–Crippen LogP) is 1.89. The monoisotopic (exact) mass is 379 g/mol. The van der Waals surface area contributed by atoms with E-state index in [1.165, 1.54) is 0 Å². The summed E-state index contributed by atoms with van der Waals surface area (Å²) >= 11 is 1.87. The second-order valence-electron chi connectivity index (χ2n) is 6.69. The van der Waals surface area contributed by atoms with E-state index < -0.39 is 9.84 Å². The van der Waals surface area contributed by atoms with Crippen molar-refractivity contribution in [1.29, 1.82) is 0 Å². The standard InChI is InChI=1S/C17H21N3O3S2/c1-12-18-15-10-13(17(21)19-5-7-24-8-6-19)2-3-16(15)20(12)14-4-9-25(22,23)11-14/h2-3,10,14H,4-9,11H2,1H3/t14-/m1/s1. The molecule has 0 spiro atoms. The van der Waals surface area contributed by atoms with Gasteiger partial charge in [0.05, 0.1) is 28.6 Å². The second-order valence-corrected chi connectivity index (χ2v) is 10.1. The van der Waals surface area contributed by atoms with Gasteiger partial charge in [-0.1, -0.05) is 0 Å². The maximum absolute atomic E-state index is 12.7. The molecule has 0 N–H and O–H groups in total. The van der Waals surface area contributed by atoms with Gasteiger partial charge in [-0.25, -0.2) is 13.4 Å². The van der Waals surface area contributed by atoms with Gasteiger partial charge in [-0.05, 0) is 31.5 Å². The fourth-order valence-electron chi connectivity index (χ4n) is 3.74. The van der Waals surface area contributed by atoms with Crippen LogP contribution in [0, 0.1) is 6.92 Å². The molecule has 1 amide bonds. The number of aryl methyl sites for hydroxylation is 1. The molecule has 4 rings (SSSR count). The number of carbonyl (C=O) groups excluding carboxylic acids is 1. The molecule has 2 aliphatic heterocycles. The van der Waals surface area contributed by atoms with Gasteiger partial charge in [0.15, 0.2) is 9.84 Å². The molecule has 2 fully saturated rings. The fraction of sp³-hybridized carbons (Fsp3) is 0.529. The summed E-state index contributed by atoms with van der Waals surface area (Å²) in [6, 6.07) is 5.53. The van der Waals surface area contributed by atoms with Crippen molar-refractivity contribution in [2.24, 2.45) is 0 Å². The third-order valence-corrected chi connectivity index (χ3v) is 7.68. The zero-order chi connectivity index (χ0) is 17.6. The molecule has 0 radical (unpaired) electrons. The largest absolute Gasteiger partial charge is 0.337 e. The highest BCUT2D eigenvalue weighted by Gasteiger charge is 2.31. The summed E-state index contributed by atoms with van der Waals surface area (Å²) in [4.78, 5) is 19.2. The van der Waals surface area contributed by atoms with E-state index in [2.05, 4.69) is 4.98 Å². The van der Waals surface area contributed by atoms with E-state index in [1.54, 1.807) is 0 Å². The number of carbonyl (C=O) groups is 1. The third-order valence-electron chi connectivity index (χ3n) is 4.98. The maximum Gasteiger partial charge on any atom is 0.253 e. The molecule has 3 heterocycles. The van der Waals surface area contributed by atoms with Crippen molar-refractivity contribution >= 4 is 38.5 Å². The number of rotatable bonds is 2. The number of fused-ring (bicyclic) bond motifs is 1. The Hall–Kier alpha value is -1.54. The lowest BCUT2D eigenvalue weighted by molar-refractivity contribution is 0.0772. The minimum absolute atomic E-state index is 0.0536. The van der Waals surface area contributed by atoms with Crippen LogP contribution in [0.25, 0.3) is 11.0 Å². The van der Waals surface area contributed by atoms with E-state index in [4.69, 9.17) is 0 Å². The van der Waals surface area contributed by atoms with Crippen molar-refractivity contribution in [3.8, 4) is 0 Å². The highest BCUT2D eigenvalue weighted by atomic mass is 32.2. The van der Waals surface area contributed by atoms with Crippen molar-refractivity contribution in [2.75, 3.05) is 36.1 Å². The number of sulfone groups is 1. The van der Waals surface area contributed by atoms with Gasteiger partial charge in [0.25, 0.3) is 5.91 Å². The van der Waals surface area contributed by atoms with Gasteiger partial charge in [0.1, 0.15) is 5.82 Å². The highest BCUT2D eigenvalue weighted by Crippen LogP contribution is 2.30. The lowest BCUT2D eigenvalue weighted by Crippen LogP contribution is -2.37. The first-order chi connectivity index (χ1) is 11.9. The number of thioether (sulfide) groups is 1. The second kappa shape index (κ2) is 6.32. The van der Waals surface area contributed by atoms with Crippen molar-refractivity contribution in [3.05, 3.63) is 29.6 Å². The highest BCUT2D eigenvalue weighted by molar-refractivity contribution is 7.99. The van der Waals surface area contributed by atoms with E-state index in [9.17, 15) is 13.2 Å². The fourth-order valence-corrected chi connectivity index (χ4v) is 6.34. The minimum Gasteiger partial charge on any atom is -0.337 e. The molecule has 2 saturated heterocycles. The number of amides is 1. The average molecular weight is 380 g/mol. The quantitative estimate of drug-likeness (QED) is 0.797. The van der Waals surface area contributed by atoms with Crippen LogP contribution in [-0.4, -0.2) is 64.9 Å². The molecular formula is C17H21N3O3S2. The average Bonchev–Trinajstić information content (AvgIpc) is 3.12. The van der Waals surface area contributed by atoms with Gasteiger partial charge in [0.2, 0.25) is 0 Å². The van der Waals surface area contributed by atoms with Gasteiger partial charge < -0.3 is 9.47 Å². The van der Waals surface area contributed by atoms with E-state index in [1.807, 2.05) is 46.4 Å². The van der Waals surface area contributed by atoms with E-state index >= 15 is 0 Å². The Morgan fingerprint density at radius 1 is 1.28 bits per heavy atom. The summed E-state index contributed by atoms with van der Waals surface area (Å²) in [6.45, 7) is 3.47. The predicted molar refractivity (Wildman–Crippen MR) is 100 cm³/mol. The normalized spacial score (nSPS) is 23.2. The number of hydrogen-bond donors (Lipinski definition) is 0. The molecule has 0 bridgehead atoms. The summed E-state index contributed by atoms with van der Waals surface area (Å²) in [5.74, 6) is 3.23. The van der Waals surface area contributed by atoms with Crippen molar-refractivity contribution in [2.45, 2.75) is 19.4 Å². The van der Waals surface area contributed by atoms with Crippen molar-refractivity contribution in [1.82, 2.24) is 14.5 Å². The molecule has 0 unspecified atom stereocenters. The number of benzene rings is 1. The summed E-state index contributed by atoms with van der Waals surface area (Å²) in [5.41, 5.74) is 2.33. The summed E-state index contributed by atoms with van der Waals surface area (Å²) in [5, 5.41) is 0. The molecule has 25 heavy (non-hydrogen) atoms. The van der Waals surface area contributed by atoms with Gasteiger partial charge in [-0.2, -0.15) is 11.8 Å². The van der Waals surface area contributed by atoms with Crippen LogP contribution in [0.3, 0.4) is 0 Å². The molecule has 134 valence electrons. The molecule has 1 aromatic heterocycles. The number of aromatic nitrogens is 2. The minimum atomic E-state index is -2.95. The van der Waals surface area contributed by atoms with Crippen LogP contribution in [0.2, 0.25) is 0 Å². The van der Waals surface area contributed by atoms with E-state index in [-0.39, 0.29) is 23.5 Å². The first kappa shape index (κ1) is 16.9. The smallest absolute Gasteiger partial charge is 0.253 e. The Labute approximate surface area is 151 Å². The van der Waals surface area contributed by atoms with Gasteiger partial charge in [0, 0.05) is 30.2 Å².